The van der Waals surface area contributed by atoms with Gasteiger partial charge in [-0.05, 0) is 32.0 Å². The molecule has 0 saturated heterocycles. The van der Waals surface area contributed by atoms with Crippen LogP contribution in [0.25, 0.3) is 11.4 Å². The van der Waals surface area contributed by atoms with Crippen LogP contribution in [-0.4, -0.2) is 23.2 Å². The predicted octanol–water partition coefficient (Wildman–Crippen LogP) is 3.36. The average Bonchev–Trinajstić information content (AvgIpc) is 2.71. The Kier molecular flexibility index (Phi) is 4.17. The molecule has 5 nitrogen and oxygen atoms in total. The van der Waals surface area contributed by atoms with E-state index in [0.29, 0.717) is 10.0 Å². The molecule has 0 unspecified atom stereocenters. The van der Waals surface area contributed by atoms with Crippen LogP contribution in [-0.2, 0) is 9.05 Å². The van der Waals surface area contributed by atoms with Crippen molar-refractivity contribution < 1.29 is 12.8 Å². The lowest BCUT2D eigenvalue weighted by Gasteiger charge is -2.12. The molecule has 2 aromatic rings. The molecule has 1 heterocycles. The first-order valence-electron chi connectivity index (χ1n) is 5.56. The number of rotatable bonds is 3. The Morgan fingerprint density at radius 2 is 1.95 bits per heavy atom. The normalized spacial score (nSPS) is 12.1. The van der Waals surface area contributed by atoms with Crippen LogP contribution in [0.2, 0.25) is 0 Å². The molecule has 1 aromatic heterocycles. The standard InChI is InChI=1S/C11H10BrClFN3O2S/c1-6(2)17-10(15-16-11(17)20(13,18)19)7-3-8(12)5-9(14)4-7/h3-6H,1-2H3. The number of benzene rings is 1. The van der Waals surface area contributed by atoms with Crippen LogP contribution in [0.4, 0.5) is 4.39 Å². The highest BCUT2D eigenvalue weighted by atomic mass is 79.9. The first kappa shape index (κ1) is 15.4. The fraction of sp³-hybridized carbons (Fsp3) is 0.273. The van der Waals surface area contributed by atoms with Gasteiger partial charge in [-0.25, -0.2) is 12.8 Å². The van der Waals surface area contributed by atoms with E-state index in [9.17, 15) is 12.8 Å². The van der Waals surface area contributed by atoms with Gasteiger partial charge in [0, 0.05) is 26.8 Å². The molecule has 0 bridgehead atoms. The molecular formula is C11H10BrClFN3O2S. The van der Waals surface area contributed by atoms with E-state index in [1.807, 2.05) is 0 Å². The van der Waals surface area contributed by atoms with Gasteiger partial charge in [0.05, 0.1) is 0 Å². The van der Waals surface area contributed by atoms with Gasteiger partial charge < -0.3 is 0 Å². The van der Waals surface area contributed by atoms with E-state index in [4.69, 9.17) is 10.7 Å². The van der Waals surface area contributed by atoms with E-state index >= 15 is 0 Å². The van der Waals surface area contributed by atoms with E-state index in [1.54, 1.807) is 19.9 Å². The van der Waals surface area contributed by atoms with E-state index in [-0.39, 0.29) is 17.0 Å². The highest BCUT2D eigenvalue weighted by molar-refractivity contribution is 9.10. The molecule has 0 saturated carbocycles. The van der Waals surface area contributed by atoms with Crippen molar-refractivity contribution in [3.8, 4) is 11.4 Å². The molecule has 0 aliphatic rings. The summed E-state index contributed by atoms with van der Waals surface area (Å²) >= 11 is 3.18. The second-order valence-corrected chi connectivity index (χ2v) is 7.74. The van der Waals surface area contributed by atoms with Gasteiger partial charge in [0.1, 0.15) is 5.82 Å². The van der Waals surface area contributed by atoms with Crippen molar-refractivity contribution in [1.29, 1.82) is 0 Å². The molecule has 0 amide bonds. The summed E-state index contributed by atoms with van der Waals surface area (Å²) in [6.07, 6.45) is 0. The maximum Gasteiger partial charge on any atom is 0.296 e. The van der Waals surface area contributed by atoms with Gasteiger partial charge >= 0.3 is 0 Å². The minimum absolute atomic E-state index is 0.236. The number of aromatic nitrogens is 3. The third kappa shape index (κ3) is 3.02. The van der Waals surface area contributed by atoms with E-state index in [1.165, 1.54) is 16.7 Å². The highest BCUT2D eigenvalue weighted by Crippen LogP contribution is 2.28. The van der Waals surface area contributed by atoms with Crippen molar-refractivity contribution >= 4 is 35.7 Å². The van der Waals surface area contributed by atoms with Gasteiger partial charge in [-0.2, -0.15) is 0 Å². The van der Waals surface area contributed by atoms with Crippen molar-refractivity contribution in [2.24, 2.45) is 0 Å². The van der Waals surface area contributed by atoms with Crippen LogP contribution in [0.1, 0.15) is 19.9 Å². The first-order valence-corrected chi connectivity index (χ1v) is 8.66. The molecule has 0 spiro atoms. The number of hydrogen-bond donors (Lipinski definition) is 0. The maximum atomic E-state index is 13.5. The van der Waals surface area contributed by atoms with Crippen LogP contribution >= 0.6 is 26.6 Å². The minimum Gasteiger partial charge on any atom is -0.294 e. The van der Waals surface area contributed by atoms with Crippen molar-refractivity contribution in [3.63, 3.8) is 0 Å². The monoisotopic (exact) mass is 381 g/mol. The van der Waals surface area contributed by atoms with Crippen molar-refractivity contribution in [3.05, 3.63) is 28.5 Å². The van der Waals surface area contributed by atoms with Gasteiger partial charge in [-0.3, -0.25) is 4.57 Å². The molecule has 9 heteroatoms. The van der Waals surface area contributed by atoms with E-state index in [0.717, 1.165) is 0 Å². The van der Waals surface area contributed by atoms with Crippen LogP contribution in [0.3, 0.4) is 0 Å². The topological polar surface area (TPSA) is 64.8 Å². The van der Waals surface area contributed by atoms with Crippen LogP contribution in [0.5, 0.6) is 0 Å². The predicted molar refractivity (Wildman–Crippen MR) is 76.5 cm³/mol. The molecule has 0 fully saturated rings. The number of halogens is 3. The van der Waals surface area contributed by atoms with Crippen molar-refractivity contribution in [1.82, 2.24) is 14.8 Å². The summed E-state index contributed by atoms with van der Waals surface area (Å²) in [5.74, 6) is -0.234. The molecule has 1 aromatic carbocycles. The average molecular weight is 383 g/mol. The Morgan fingerprint density at radius 1 is 1.30 bits per heavy atom. The second-order valence-electron chi connectivity index (χ2n) is 4.37. The quantitative estimate of drug-likeness (QED) is 0.764. The number of hydrogen-bond acceptors (Lipinski definition) is 4. The SMILES string of the molecule is CC(C)n1c(-c2cc(F)cc(Br)c2)nnc1S(=O)(=O)Cl. The fourth-order valence-corrected chi connectivity index (χ4v) is 3.24. The van der Waals surface area contributed by atoms with Crippen LogP contribution in [0.15, 0.2) is 27.8 Å². The zero-order valence-corrected chi connectivity index (χ0v) is 13.7. The Hall–Kier alpha value is -0.990. The molecule has 20 heavy (non-hydrogen) atoms. The lowest BCUT2D eigenvalue weighted by Crippen LogP contribution is -2.10. The van der Waals surface area contributed by atoms with Gasteiger partial charge in [-0.1, -0.05) is 15.9 Å². The summed E-state index contributed by atoms with van der Waals surface area (Å²) in [5.41, 5.74) is 0.407. The second kappa shape index (κ2) is 5.42. The smallest absolute Gasteiger partial charge is 0.294 e. The summed E-state index contributed by atoms with van der Waals surface area (Å²) in [6.45, 7) is 3.51. The first-order chi connectivity index (χ1) is 9.20. The van der Waals surface area contributed by atoms with Crippen LogP contribution in [0, 0.1) is 5.82 Å². The van der Waals surface area contributed by atoms with E-state index < -0.39 is 14.9 Å². The summed E-state index contributed by atoms with van der Waals surface area (Å²) in [4.78, 5) is 0. The Balaban J connectivity index is 2.72. The molecule has 0 radical (unpaired) electrons. The molecule has 0 N–H and O–H groups in total. The largest absolute Gasteiger partial charge is 0.296 e. The summed E-state index contributed by atoms with van der Waals surface area (Å²) in [5, 5.41) is 7.06. The zero-order valence-electron chi connectivity index (χ0n) is 10.5. The number of nitrogens with zero attached hydrogens (tertiary/aromatic N) is 3. The maximum absolute atomic E-state index is 13.5. The third-order valence-electron chi connectivity index (χ3n) is 2.52. The Labute approximate surface area is 128 Å². The third-order valence-corrected chi connectivity index (χ3v) is 4.11. The van der Waals surface area contributed by atoms with Gasteiger partial charge in [0.15, 0.2) is 5.82 Å². The molecule has 2 rings (SSSR count). The molecular weight excluding hydrogens is 373 g/mol. The highest BCUT2D eigenvalue weighted by Gasteiger charge is 2.25. The molecule has 0 aliphatic carbocycles. The van der Waals surface area contributed by atoms with Gasteiger partial charge in [0.2, 0.25) is 0 Å². The molecule has 108 valence electrons. The van der Waals surface area contributed by atoms with Crippen molar-refractivity contribution in [2.45, 2.75) is 25.0 Å². The van der Waals surface area contributed by atoms with Crippen LogP contribution < -0.4 is 0 Å². The van der Waals surface area contributed by atoms with E-state index in [2.05, 4.69) is 26.1 Å². The summed E-state index contributed by atoms with van der Waals surface area (Å²) in [7, 11) is 1.31. The Bertz CT molecular complexity index is 741. The van der Waals surface area contributed by atoms with Gasteiger partial charge in [0.25, 0.3) is 14.2 Å². The lowest BCUT2D eigenvalue weighted by atomic mass is 10.2. The molecule has 0 aliphatic heterocycles. The lowest BCUT2D eigenvalue weighted by molar-refractivity contribution is 0.530. The summed E-state index contributed by atoms with van der Waals surface area (Å²) in [6, 6.07) is 3.90. The van der Waals surface area contributed by atoms with Gasteiger partial charge in [-0.15, -0.1) is 10.2 Å². The Morgan fingerprint density at radius 3 is 2.45 bits per heavy atom. The summed E-state index contributed by atoms with van der Waals surface area (Å²) < 4.78 is 38.3. The zero-order chi connectivity index (χ0) is 15.1. The molecule has 0 atom stereocenters. The fourth-order valence-electron chi connectivity index (χ4n) is 1.79. The van der Waals surface area contributed by atoms with Crippen molar-refractivity contribution in [2.75, 3.05) is 0 Å². The minimum atomic E-state index is -4.03.